The van der Waals surface area contributed by atoms with Crippen LogP contribution in [0, 0.1) is 0 Å². The lowest BCUT2D eigenvalue weighted by Gasteiger charge is -2.11. The molecule has 3 nitrogen and oxygen atoms in total. The lowest BCUT2D eigenvalue weighted by molar-refractivity contribution is -0.116. The standard InChI is InChI=1S/C12H15F3N2OS/c1-16-7-6-11(18)17-9-4-2-3-5-10(9)19-8-12(13,14)15/h2-5,16H,6-8H2,1H3,(H,17,18). The molecule has 0 radical (unpaired) electrons. The Kier molecular flexibility index (Phi) is 6.17. The number of carbonyl (C=O) groups is 1. The Bertz CT molecular complexity index is 424. The van der Waals surface area contributed by atoms with Crippen molar-refractivity contribution in [2.75, 3.05) is 24.7 Å². The molecule has 0 aromatic heterocycles. The minimum Gasteiger partial charge on any atom is -0.325 e. The van der Waals surface area contributed by atoms with Crippen molar-refractivity contribution in [2.45, 2.75) is 17.5 Å². The first-order valence-corrected chi connectivity index (χ1v) is 6.64. The van der Waals surface area contributed by atoms with Crippen LogP contribution in [0.3, 0.4) is 0 Å². The van der Waals surface area contributed by atoms with Crippen LogP contribution in [0.15, 0.2) is 29.2 Å². The fourth-order valence-electron chi connectivity index (χ4n) is 1.31. The predicted molar refractivity (Wildman–Crippen MR) is 70.4 cm³/mol. The maximum absolute atomic E-state index is 12.2. The summed E-state index contributed by atoms with van der Waals surface area (Å²) in [4.78, 5) is 12.0. The zero-order chi connectivity index (χ0) is 14.3. The van der Waals surface area contributed by atoms with E-state index in [4.69, 9.17) is 0 Å². The zero-order valence-corrected chi connectivity index (χ0v) is 11.2. The quantitative estimate of drug-likeness (QED) is 0.792. The Balaban J connectivity index is 2.65. The van der Waals surface area contributed by atoms with Gasteiger partial charge in [-0.3, -0.25) is 4.79 Å². The molecule has 0 saturated carbocycles. The molecular formula is C12H15F3N2OS. The third-order valence-corrected chi connectivity index (χ3v) is 3.29. The molecule has 1 aromatic rings. The van der Waals surface area contributed by atoms with Gasteiger partial charge in [0.15, 0.2) is 0 Å². The van der Waals surface area contributed by atoms with Crippen LogP contribution in [0.4, 0.5) is 18.9 Å². The van der Waals surface area contributed by atoms with Gasteiger partial charge in [0.1, 0.15) is 0 Å². The summed E-state index contributed by atoms with van der Waals surface area (Å²) >= 11 is 0.664. The largest absolute Gasteiger partial charge is 0.398 e. The molecular weight excluding hydrogens is 277 g/mol. The number of amides is 1. The fourth-order valence-corrected chi connectivity index (χ4v) is 2.08. The molecule has 0 fully saturated rings. The summed E-state index contributed by atoms with van der Waals surface area (Å²) in [6, 6.07) is 6.47. The van der Waals surface area contributed by atoms with Gasteiger partial charge in [0, 0.05) is 17.9 Å². The van der Waals surface area contributed by atoms with Crippen LogP contribution in [-0.4, -0.2) is 31.4 Å². The average Bonchev–Trinajstić information content (AvgIpc) is 2.34. The van der Waals surface area contributed by atoms with E-state index >= 15 is 0 Å². The minimum absolute atomic E-state index is 0.227. The first-order valence-electron chi connectivity index (χ1n) is 5.65. The Morgan fingerprint density at radius 1 is 1.32 bits per heavy atom. The van der Waals surface area contributed by atoms with Crippen LogP contribution in [0.1, 0.15) is 6.42 Å². The Morgan fingerprint density at radius 2 is 2.00 bits per heavy atom. The monoisotopic (exact) mass is 292 g/mol. The molecule has 0 unspecified atom stereocenters. The molecule has 0 aliphatic carbocycles. The van der Waals surface area contributed by atoms with E-state index in [9.17, 15) is 18.0 Å². The highest BCUT2D eigenvalue weighted by Gasteiger charge is 2.27. The summed E-state index contributed by atoms with van der Waals surface area (Å²) in [7, 11) is 1.72. The van der Waals surface area contributed by atoms with Crippen LogP contribution in [0.2, 0.25) is 0 Å². The smallest absolute Gasteiger partial charge is 0.325 e. The predicted octanol–water partition coefficient (Wildman–Crippen LogP) is 2.89. The summed E-state index contributed by atoms with van der Waals surface area (Å²) in [5.74, 6) is -1.20. The van der Waals surface area contributed by atoms with Gasteiger partial charge < -0.3 is 10.6 Å². The van der Waals surface area contributed by atoms with Gasteiger partial charge in [0.25, 0.3) is 0 Å². The van der Waals surface area contributed by atoms with Crippen LogP contribution in [-0.2, 0) is 4.79 Å². The van der Waals surface area contributed by atoms with E-state index in [0.29, 0.717) is 28.9 Å². The average molecular weight is 292 g/mol. The van der Waals surface area contributed by atoms with E-state index in [1.165, 1.54) is 0 Å². The van der Waals surface area contributed by atoms with Gasteiger partial charge >= 0.3 is 6.18 Å². The van der Waals surface area contributed by atoms with E-state index in [2.05, 4.69) is 10.6 Å². The minimum atomic E-state index is -4.23. The molecule has 2 N–H and O–H groups in total. The highest BCUT2D eigenvalue weighted by molar-refractivity contribution is 7.99. The van der Waals surface area contributed by atoms with Crippen molar-refractivity contribution in [2.24, 2.45) is 0 Å². The normalized spacial score (nSPS) is 11.4. The van der Waals surface area contributed by atoms with E-state index in [-0.39, 0.29) is 12.3 Å². The lowest BCUT2D eigenvalue weighted by atomic mass is 10.3. The summed E-state index contributed by atoms with van der Waals surface area (Å²) in [6.45, 7) is 0.518. The van der Waals surface area contributed by atoms with Gasteiger partial charge in [-0.1, -0.05) is 12.1 Å². The molecule has 0 aliphatic heterocycles. The molecule has 7 heteroatoms. The molecule has 0 saturated heterocycles. The van der Waals surface area contributed by atoms with E-state index in [1.807, 2.05) is 0 Å². The molecule has 19 heavy (non-hydrogen) atoms. The second-order valence-corrected chi connectivity index (χ2v) is 4.82. The van der Waals surface area contributed by atoms with Crippen molar-refractivity contribution in [3.05, 3.63) is 24.3 Å². The number of anilines is 1. The maximum Gasteiger partial charge on any atom is 0.398 e. The van der Waals surface area contributed by atoms with E-state index in [0.717, 1.165) is 0 Å². The van der Waals surface area contributed by atoms with Gasteiger partial charge in [-0.15, -0.1) is 11.8 Å². The number of alkyl halides is 3. The first kappa shape index (κ1) is 15.8. The van der Waals surface area contributed by atoms with Gasteiger partial charge in [-0.25, -0.2) is 0 Å². The fraction of sp³-hybridized carbons (Fsp3) is 0.417. The number of halogens is 3. The molecule has 0 bridgehead atoms. The first-order chi connectivity index (χ1) is 8.92. The number of nitrogens with one attached hydrogen (secondary N) is 2. The maximum atomic E-state index is 12.2. The van der Waals surface area contributed by atoms with E-state index < -0.39 is 11.9 Å². The highest BCUT2D eigenvalue weighted by atomic mass is 32.2. The summed E-state index contributed by atoms with van der Waals surface area (Å²) in [5.41, 5.74) is 0.415. The molecule has 0 aliphatic rings. The highest BCUT2D eigenvalue weighted by Crippen LogP contribution is 2.32. The third-order valence-electron chi connectivity index (χ3n) is 2.15. The Labute approximate surface area is 114 Å². The van der Waals surface area contributed by atoms with Crippen LogP contribution < -0.4 is 10.6 Å². The number of para-hydroxylation sites is 1. The van der Waals surface area contributed by atoms with Crippen LogP contribution >= 0.6 is 11.8 Å². The second kappa shape index (κ2) is 7.40. The Hall–Kier alpha value is -1.21. The van der Waals surface area contributed by atoms with Crippen molar-refractivity contribution >= 4 is 23.4 Å². The van der Waals surface area contributed by atoms with Gasteiger partial charge in [-0.05, 0) is 19.2 Å². The SMILES string of the molecule is CNCCC(=O)Nc1ccccc1SCC(F)(F)F. The molecule has 0 atom stereocenters. The van der Waals surface area contributed by atoms with Crippen molar-refractivity contribution in [1.29, 1.82) is 0 Å². The molecule has 1 rings (SSSR count). The van der Waals surface area contributed by atoms with Crippen molar-refractivity contribution in [1.82, 2.24) is 5.32 Å². The van der Waals surface area contributed by atoms with Gasteiger partial charge in [0.05, 0.1) is 11.4 Å². The van der Waals surface area contributed by atoms with Gasteiger partial charge in [-0.2, -0.15) is 13.2 Å². The molecule has 1 amide bonds. The van der Waals surface area contributed by atoms with E-state index in [1.54, 1.807) is 31.3 Å². The number of benzene rings is 1. The lowest BCUT2D eigenvalue weighted by Crippen LogP contribution is -2.19. The summed E-state index contributed by atoms with van der Waals surface area (Å²) < 4.78 is 36.6. The van der Waals surface area contributed by atoms with Crippen molar-refractivity contribution < 1.29 is 18.0 Å². The topological polar surface area (TPSA) is 41.1 Å². The third kappa shape index (κ3) is 6.49. The molecule has 1 aromatic carbocycles. The number of carbonyl (C=O) groups excluding carboxylic acids is 1. The van der Waals surface area contributed by atoms with Gasteiger partial charge in [0.2, 0.25) is 5.91 Å². The van der Waals surface area contributed by atoms with Crippen molar-refractivity contribution in [3.8, 4) is 0 Å². The molecule has 0 spiro atoms. The number of rotatable bonds is 6. The number of hydrogen-bond donors (Lipinski definition) is 2. The zero-order valence-electron chi connectivity index (χ0n) is 10.4. The molecule has 106 valence electrons. The molecule has 0 heterocycles. The van der Waals surface area contributed by atoms with Crippen LogP contribution in [0.25, 0.3) is 0 Å². The van der Waals surface area contributed by atoms with Crippen molar-refractivity contribution in [3.63, 3.8) is 0 Å². The number of thioether (sulfide) groups is 1. The summed E-state index contributed by atoms with van der Waals surface area (Å²) in [6.07, 6.45) is -3.96. The summed E-state index contributed by atoms with van der Waals surface area (Å²) in [5, 5.41) is 5.44. The number of hydrogen-bond acceptors (Lipinski definition) is 3. The Morgan fingerprint density at radius 3 is 2.63 bits per heavy atom. The van der Waals surface area contributed by atoms with Crippen LogP contribution in [0.5, 0.6) is 0 Å². The second-order valence-electron chi connectivity index (χ2n) is 3.80.